The molecule has 19 heavy (non-hydrogen) atoms. The van der Waals surface area contributed by atoms with E-state index in [1.165, 1.54) is 0 Å². The standard InChI is InChI=1S/C15H21NO3/c1-10-7-11(2)12(14(8-10)18-3)9-16-15(17)13-5-4-6-19-13/h7-8,13H,4-6,9H2,1-3H3,(H,16,17). The molecular weight excluding hydrogens is 242 g/mol. The molecule has 1 heterocycles. The molecule has 0 aliphatic carbocycles. The van der Waals surface area contributed by atoms with Crippen LogP contribution in [0.15, 0.2) is 12.1 Å². The molecule has 4 nitrogen and oxygen atoms in total. The SMILES string of the molecule is COc1cc(C)cc(C)c1CNC(=O)C1CCCO1. The molecular formula is C15H21NO3. The van der Waals surface area contributed by atoms with Crippen molar-refractivity contribution in [3.8, 4) is 5.75 Å². The Balaban J connectivity index is 2.04. The lowest BCUT2D eigenvalue weighted by molar-refractivity contribution is -0.130. The van der Waals surface area contributed by atoms with E-state index in [9.17, 15) is 4.79 Å². The minimum absolute atomic E-state index is 0.0282. The highest BCUT2D eigenvalue weighted by molar-refractivity contribution is 5.81. The highest BCUT2D eigenvalue weighted by Gasteiger charge is 2.23. The summed E-state index contributed by atoms with van der Waals surface area (Å²) in [6.07, 6.45) is 1.50. The number of hydrogen-bond acceptors (Lipinski definition) is 3. The van der Waals surface area contributed by atoms with Crippen molar-refractivity contribution in [3.05, 3.63) is 28.8 Å². The first-order chi connectivity index (χ1) is 9.11. The summed E-state index contributed by atoms with van der Waals surface area (Å²) < 4.78 is 10.7. The Hall–Kier alpha value is -1.55. The highest BCUT2D eigenvalue weighted by atomic mass is 16.5. The summed E-state index contributed by atoms with van der Waals surface area (Å²) in [4.78, 5) is 11.9. The summed E-state index contributed by atoms with van der Waals surface area (Å²) in [5, 5.41) is 2.93. The van der Waals surface area contributed by atoms with Gasteiger partial charge in [-0.3, -0.25) is 4.79 Å². The maximum Gasteiger partial charge on any atom is 0.249 e. The number of carbonyl (C=O) groups is 1. The first-order valence-corrected chi connectivity index (χ1v) is 6.65. The van der Waals surface area contributed by atoms with Gasteiger partial charge in [-0.15, -0.1) is 0 Å². The molecule has 1 saturated heterocycles. The van der Waals surface area contributed by atoms with Crippen LogP contribution in [0.3, 0.4) is 0 Å². The molecule has 0 bridgehead atoms. The number of nitrogens with one attached hydrogen (secondary N) is 1. The molecule has 0 spiro atoms. The van der Waals surface area contributed by atoms with Crippen molar-refractivity contribution in [3.63, 3.8) is 0 Å². The fraction of sp³-hybridized carbons (Fsp3) is 0.533. The van der Waals surface area contributed by atoms with Gasteiger partial charge < -0.3 is 14.8 Å². The van der Waals surface area contributed by atoms with E-state index in [0.717, 1.165) is 35.3 Å². The molecule has 0 radical (unpaired) electrons. The van der Waals surface area contributed by atoms with E-state index in [4.69, 9.17) is 9.47 Å². The number of rotatable bonds is 4. The Kier molecular flexibility index (Phi) is 4.43. The molecule has 104 valence electrons. The van der Waals surface area contributed by atoms with Crippen LogP contribution in [0.5, 0.6) is 5.75 Å². The Morgan fingerprint density at radius 2 is 2.26 bits per heavy atom. The smallest absolute Gasteiger partial charge is 0.249 e. The van der Waals surface area contributed by atoms with Gasteiger partial charge in [-0.2, -0.15) is 0 Å². The van der Waals surface area contributed by atoms with Crippen LogP contribution in [0.4, 0.5) is 0 Å². The molecule has 1 unspecified atom stereocenters. The summed E-state index contributed by atoms with van der Waals surface area (Å²) in [5.41, 5.74) is 3.31. The number of carbonyl (C=O) groups excluding carboxylic acids is 1. The predicted octanol–water partition coefficient (Wildman–Crippen LogP) is 2.11. The molecule has 0 aromatic heterocycles. The quantitative estimate of drug-likeness (QED) is 0.905. The summed E-state index contributed by atoms with van der Waals surface area (Å²) in [7, 11) is 1.65. The van der Waals surface area contributed by atoms with Crippen LogP contribution < -0.4 is 10.1 Å². The Morgan fingerprint density at radius 3 is 2.89 bits per heavy atom. The second-order valence-electron chi connectivity index (χ2n) is 4.98. The second kappa shape index (κ2) is 6.06. The molecule has 2 rings (SSSR count). The summed E-state index contributed by atoms with van der Waals surface area (Å²) in [5.74, 6) is 0.796. The van der Waals surface area contributed by atoms with Crippen LogP contribution in [-0.4, -0.2) is 25.7 Å². The van der Waals surface area contributed by atoms with Gasteiger partial charge >= 0.3 is 0 Å². The summed E-state index contributed by atoms with van der Waals surface area (Å²) >= 11 is 0. The van der Waals surface area contributed by atoms with Crippen molar-refractivity contribution in [2.75, 3.05) is 13.7 Å². The van der Waals surface area contributed by atoms with Crippen LogP contribution in [0.2, 0.25) is 0 Å². The average Bonchev–Trinajstić information content (AvgIpc) is 2.90. The van der Waals surface area contributed by atoms with Gasteiger partial charge in [0.15, 0.2) is 0 Å². The fourth-order valence-corrected chi connectivity index (χ4v) is 2.44. The zero-order valence-corrected chi connectivity index (χ0v) is 11.8. The first kappa shape index (κ1) is 13.9. The molecule has 4 heteroatoms. The summed E-state index contributed by atoms with van der Waals surface area (Å²) in [6, 6.07) is 4.08. The number of amides is 1. The van der Waals surface area contributed by atoms with E-state index in [-0.39, 0.29) is 12.0 Å². The molecule has 1 aromatic rings. The van der Waals surface area contributed by atoms with Gasteiger partial charge in [0.2, 0.25) is 5.91 Å². The predicted molar refractivity (Wildman–Crippen MR) is 73.3 cm³/mol. The molecule has 1 atom stereocenters. The lowest BCUT2D eigenvalue weighted by Gasteiger charge is -2.15. The van der Waals surface area contributed by atoms with Crippen LogP contribution in [0.25, 0.3) is 0 Å². The van der Waals surface area contributed by atoms with Crippen LogP contribution in [0.1, 0.15) is 29.5 Å². The molecule has 1 aromatic carbocycles. The highest BCUT2D eigenvalue weighted by Crippen LogP contribution is 2.24. The lowest BCUT2D eigenvalue weighted by atomic mass is 10.0. The number of hydrogen-bond donors (Lipinski definition) is 1. The van der Waals surface area contributed by atoms with E-state index < -0.39 is 0 Å². The minimum atomic E-state index is -0.281. The molecule has 1 fully saturated rings. The van der Waals surface area contributed by atoms with E-state index in [1.54, 1.807) is 7.11 Å². The molecule has 1 aliphatic rings. The number of benzene rings is 1. The lowest BCUT2D eigenvalue weighted by Crippen LogP contribution is -2.33. The van der Waals surface area contributed by atoms with E-state index >= 15 is 0 Å². The fourth-order valence-electron chi connectivity index (χ4n) is 2.44. The third kappa shape index (κ3) is 3.26. The minimum Gasteiger partial charge on any atom is -0.496 e. The maximum absolute atomic E-state index is 11.9. The van der Waals surface area contributed by atoms with Crippen molar-refractivity contribution in [1.29, 1.82) is 0 Å². The van der Waals surface area contributed by atoms with Gasteiger partial charge in [0.25, 0.3) is 0 Å². The summed E-state index contributed by atoms with van der Waals surface area (Å²) in [6.45, 7) is 5.23. The largest absolute Gasteiger partial charge is 0.496 e. The number of aryl methyl sites for hydroxylation is 2. The van der Waals surface area contributed by atoms with Crippen molar-refractivity contribution < 1.29 is 14.3 Å². The van der Waals surface area contributed by atoms with Crippen molar-refractivity contribution in [2.24, 2.45) is 0 Å². The van der Waals surface area contributed by atoms with E-state index in [0.29, 0.717) is 13.2 Å². The maximum atomic E-state index is 11.9. The van der Waals surface area contributed by atoms with E-state index in [1.807, 2.05) is 19.9 Å². The molecule has 1 N–H and O–H groups in total. The van der Waals surface area contributed by atoms with Crippen molar-refractivity contribution in [2.45, 2.75) is 39.3 Å². The van der Waals surface area contributed by atoms with Crippen LogP contribution in [0, 0.1) is 13.8 Å². The Labute approximate surface area is 114 Å². The van der Waals surface area contributed by atoms with Gasteiger partial charge in [-0.05, 0) is 43.9 Å². The van der Waals surface area contributed by atoms with Gasteiger partial charge in [0.1, 0.15) is 11.9 Å². The molecule has 1 amide bonds. The van der Waals surface area contributed by atoms with Gasteiger partial charge in [-0.1, -0.05) is 6.07 Å². The zero-order chi connectivity index (χ0) is 13.8. The average molecular weight is 263 g/mol. The number of ether oxygens (including phenoxy) is 2. The monoisotopic (exact) mass is 263 g/mol. The van der Waals surface area contributed by atoms with Gasteiger partial charge in [-0.25, -0.2) is 0 Å². The third-order valence-corrected chi connectivity index (χ3v) is 3.46. The van der Waals surface area contributed by atoms with Crippen LogP contribution >= 0.6 is 0 Å². The normalized spacial score (nSPS) is 18.4. The molecule has 1 aliphatic heterocycles. The van der Waals surface area contributed by atoms with Crippen molar-refractivity contribution >= 4 is 5.91 Å². The van der Waals surface area contributed by atoms with Gasteiger partial charge in [0.05, 0.1) is 7.11 Å². The Bertz CT molecular complexity index is 465. The Morgan fingerprint density at radius 1 is 1.47 bits per heavy atom. The number of methoxy groups -OCH3 is 1. The third-order valence-electron chi connectivity index (χ3n) is 3.46. The molecule has 0 saturated carbocycles. The van der Waals surface area contributed by atoms with E-state index in [2.05, 4.69) is 11.4 Å². The van der Waals surface area contributed by atoms with Crippen molar-refractivity contribution in [1.82, 2.24) is 5.32 Å². The van der Waals surface area contributed by atoms with Gasteiger partial charge in [0, 0.05) is 18.7 Å². The topological polar surface area (TPSA) is 47.6 Å². The second-order valence-corrected chi connectivity index (χ2v) is 4.98. The first-order valence-electron chi connectivity index (χ1n) is 6.65. The zero-order valence-electron chi connectivity index (χ0n) is 11.8. The van der Waals surface area contributed by atoms with Crippen LogP contribution in [-0.2, 0) is 16.1 Å².